The lowest BCUT2D eigenvalue weighted by Crippen LogP contribution is -2.28. The van der Waals surface area contributed by atoms with Crippen molar-refractivity contribution in [2.24, 2.45) is 0 Å². The van der Waals surface area contributed by atoms with Crippen molar-refractivity contribution in [2.75, 3.05) is 19.5 Å². The molecule has 0 saturated heterocycles. The van der Waals surface area contributed by atoms with E-state index in [1.165, 1.54) is 18.2 Å². The first kappa shape index (κ1) is 15.7. The Balaban J connectivity index is 2.57. The van der Waals surface area contributed by atoms with Crippen LogP contribution in [0.2, 0.25) is 0 Å². The number of alkyl halides is 1. The van der Waals surface area contributed by atoms with E-state index in [0.29, 0.717) is 21.6 Å². The molecule has 1 rings (SSSR count). The number of hydrogen-bond donors (Lipinski definition) is 0. The van der Waals surface area contributed by atoms with E-state index in [4.69, 9.17) is 11.6 Å². The second kappa shape index (κ2) is 7.94. The number of unbranched alkanes of at least 4 members (excludes halogenated alkanes) is 2. The largest absolute Gasteiger partial charge is 0.342 e. The average molecular weight is 384 g/mol. The molecule has 0 aliphatic heterocycles. The van der Waals surface area contributed by atoms with Crippen LogP contribution < -0.4 is 0 Å². The van der Waals surface area contributed by atoms with Gasteiger partial charge in [0, 0.05) is 23.0 Å². The molecule has 0 heterocycles. The second-order valence-electron chi connectivity index (χ2n) is 4.10. The van der Waals surface area contributed by atoms with Crippen LogP contribution >= 0.6 is 34.2 Å². The summed E-state index contributed by atoms with van der Waals surface area (Å²) < 4.78 is 13.6. The summed E-state index contributed by atoms with van der Waals surface area (Å²) in [6.07, 6.45) is 2.92. The van der Waals surface area contributed by atoms with Crippen LogP contribution in [0.4, 0.5) is 4.39 Å². The molecule has 0 atom stereocenters. The lowest BCUT2D eigenvalue weighted by Gasteiger charge is -2.17. The van der Waals surface area contributed by atoms with E-state index in [9.17, 15) is 9.18 Å². The Kier molecular flexibility index (Phi) is 6.92. The fourth-order valence-corrected chi connectivity index (χ4v) is 2.49. The highest BCUT2D eigenvalue weighted by atomic mass is 127. The number of benzene rings is 1. The van der Waals surface area contributed by atoms with Gasteiger partial charge in [-0.3, -0.25) is 4.79 Å². The van der Waals surface area contributed by atoms with Gasteiger partial charge in [-0.15, -0.1) is 11.6 Å². The van der Waals surface area contributed by atoms with Gasteiger partial charge in [-0.2, -0.15) is 0 Å². The number of amides is 1. The van der Waals surface area contributed by atoms with Gasteiger partial charge < -0.3 is 4.90 Å². The van der Waals surface area contributed by atoms with Crippen LogP contribution in [0.3, 0.4) is 0 Å². The summed E-state index contributed by atoms with van der Waals surface area (Å²) in [4.78, 5) is 13.8. The first-order valence-electron chi connectivity index (χ1n) is 5.82. The quantitative estimate of drug-likeness (QED) is 0.414. The molecule has 0 spiro atoms. The average Bonchev–Trinajstić information content (AvgIpc) is 2.33. The Labute approximate surface area is 126 Å². The molecule has 5 heteroatoms. The van der Waals surface area contributed by atoms with Crippen LogP contribution in [-0.2, 0) is 0 Å². The maximum Gasteiger partial charge on any atom is 0.254 e. The van der Waals surface area contributed by atoms with Gasteiger partial charge in [0.1, 0.15) is 5.82 Å². The van der Waals surface area contributed by atoms with E-state index in [0.717, 1.165) is 19.3 Å². The van der Waals surface area contributed by atoms with Crippen molar-refractivity contribution < 1.29 is 9.18 Å². The molecule has 0 bridgehead atoms. The molecule has 18 heavy (non-hydrogen) atoms. The molecule has 1 aromatic rings. The van der Waals surface area contributed by atoms with E-state index >= 15 is 0 Å². The first-order valence-corrected chi connectivity index (χ1v) is 7.44. The zero-order chi connectivity index (χ0) is 13.5. The van der Waals surface area contributed by atoms with Crippen molar-refractivity contribution >= 4 is 40.1 Å². The summed E-state index contributed by atoms with van der Waals surface area (Å²) in [5.41, 5.74) is 0.553. The van der Waals surface area contributed by atoms with Gasteiger partial charge in [0.2, 0.25) is 0 Å². The number of halogens is 3. The van der Waals surface area contributed by atoms with Crippen molar-refractivity contribution in [1.82, 2.24) is 4.90 Å². The topological polar surface area (TPSA) is 20.3 Å². The van der Waals surface area contributed by atoms with E-state index in [2.05, 4.69) is 0 Å². The van der Waals surface area contributed by atoms with Crippen LogP contribution in [0.15, 0.2) is 18.2 Å². The predicted octanol–water partition coefficient (Wildman–Crippen LogP) is 3.91. The third-order valence-corrected chi connectivity index (χ3v) is 3.80. The van der Waals surface area contributed by atoms with E-state index < -0.39 is 0 Å². The van der Waals surface area contributed by atoms with Gasteiger partial charge in [-0.1, -0.05) is 6.42 Å². The number of carbonyl (C=O) groups excluding carboxylic acids is 1. The molecule has 0 fully saturated rings. The third kappa shape index (κ3) is 4.72. The van der Waals surface area contributed by atoms with Crippen LogP contribution in [0.5, 0.6) is 0 Å². The Hall–Kier alpha value is -0.360. The van der Waals surface area contributed by atoms with Crippen molar-refractivity contribution in [1.29, 1.82) is 0 Å². The smallest absolute Gasteiger partial charge is 0.254 e. The fraction of sp³-hybridized carbons (Fsp3) is 0.462. The van der Waals surface area contributed by atoms with E-state index in [1.807, 2.05) is 22.6 Å². The second-order valence-corrected chi connectivity index (χ2v) is 5.64. The number of rotatable bonds is 6. The highest BCUT2D eigenvalue weighted by Gasteiger charge is 2.14. The van der Waals surface area contributed by atoms with Gasteiger partial charge in [-0.25, -0.2) is 4.39 Å². The van der Waals surface area contributed by atoms with Crippen LogP contribution in [0.1, 0.15) is 29.6 Å². The van der Waals surface area contributed by atoms with E-state index in [-0.39, 0.29) is 11.7 Å². The van der Waals surface area contributed by atoms with Gasteiger partial charge in [-0.05, 0) is 53.6 Å². The third-order valence-electron chi connectivity index (χ3n) is 2.64. The molecule has 100 valence electrons. The molecule has 0 radical (unpaired) electrons. The zero-order valence-corrected chi connectivity index (χ0v) is 13.2. The summed E-state index contributed by atoms with van der Waals surface area (Å²) in [7, 11) is 1.77. The highest BCUT2D eigenvalue weighted by molar-refractivity contribution is 14.1. The number of carbonyl (C=O) groups is 1. The summed E-state index contributed by atoms with van der Waals surface area (Å²) in [6, 6.07) is 4.22. The van der Waals surface area contributed by atoms with Gasteiger partial charge in [0.05, 0.1) is 5.56 Å². The van der Waals surface area contributed by atoms with Gasteiger partial charge in [0.25, 0.3) is 5.91 Å². The minimum Gasteiger partial charge on any atom is -0.342 e. The normalized spacial score (nSPS) is 10.4. The standard InChI is InChI=1S/C13H16ClFINO/c1-17(8-4-2-3-7-14)13(18)11-6-5-10(15)9-12(11)16/h5-6,9H,2-4,7-8H2,1H3. The first-order chi connectivity index (χ1) is 8.56. The minimum absolute atomic E-state index is 0.0646. The van der Waals surface area contributed by atoms with Crippen LogP contribution in [0, 0.1) is 9.39 Å². The molecule has 0 unspecified atom stereocenters. The fourth-order valence-electron chi connectivity index (χ4n) is 1.59. The van der Waals surface area contributed by atoms with E-state index in [1.54, 1.807) is 11.9 Å². The van der Waals surface area contributed by atoms with Crippen molar-refractivity contribution in [3.05, 3.63) is 33.1 Å². The summed E-state index contributed by atoms with van der Waals surface area (Å²) in [5.74, 6) is 0.277. The zero-order valence-electron chi connectivity index (χ0n) is 10.3. The lowest BCUT2D eigenvalue weighted by molar-refractivity contribution is 0.0791. The summed E-state index contributed by atoms with van der Waals surface area (Å²) >= 11 is 7.57. The molecular weight excluding hydrogens is 368 g/mol. The Morgan fingerprint density at radius 1 is 1.39 bits per heavy atom. The predicted molar refractivity (Wildman–Crippen MR) is 80.6 cm³/mol. The molecule has 0 aromatic heterocycles. The molecule has 2 nitrogen and oxygen atoms in total. The SMILES string of the molecule is CN(CCCCCCl)C(=O)c1ccc(F)cc1I. The maximum absolute atomic E-state index is 13.0. The van der Waals surface area contributed by atoms with Gasteiger partial charge in [0.15, 0.2) is 0 Å². The van der Waals surface area contributed by atoms with Gasteiger partial charge >= 0.3 is 0 Å². The van der Waals surface area contributed by atoms with Crippen molar-refractivity contribution in [2.45, 2.75) is 19.3 Å². The summed E-state index contributed by atoms with van der Waals surface area (Å²) in [5, 5.41) is 0. The monoisotopic (exact) mass is 383 g/mol. The lowest BCUT2D eigenvalue weighted by atomic mass is 10.2. The number of hydrogen-bond acceptors (Lipinski definition) is 1. The maximum atomic E-state index is 13.0. The molecule has 0 saturated carbocycles. The molecule has 0 N–H and O–H groups in total. The Bertz CT molecular complexity index is 414. The molecular formula is C13H16ClFINO. The van der Waals surface area contributed by atoms with Crippen molar-refractivity contribution in [3.63, 3.8) is 0 Å². The molecule has 1 amide bonds. The molecule has 0 aliphatic rings. The van der Waals surface area contributed by atoms with Crippen molar-refractivity contribution in [3.8, 4) is 0 Å². The summed E-state index contributed by atoms with van der Waals surface area (Å²) in [6.45, 7) is 0.698. The Morgan fingerprint density at radius 3 is 2.72 bits per heavy atom. The Morgan fingerprint density at radius 2 is 2.11 bits per heavy atom. The highest BCUT2D eigenvalue weighted by Crippen LogP contribution is 2.16. The van der Waals surface area contributed by atoms with Crippen LogP contribution in [-0.4, -0.2) is 30.3 Å². The minimum atomic E-state index is -0.319. The molecule has 0 aliphatic carbocycles. The molecule has 1 aromatic carbocycles. The number of nitrogens with zero attached hydrogens (tertiary/aromatic N) is 1. The van der Waals surface area contributed by atoms with Crippen LogP contribution in [0.25, 0.3) is 0 Å².